The number of hydrogen-bond donors (Lipinski definition) is 4. The highest BCUT2D eigenvalue weighted by Gasteiger charge is 2.47. The zero-order chi connectivity index (χ0) is 11.7. The standard InChI is InChI=1S/C9H16N2O4S/c1-2-10-9-11-5-7(14)6(13)4(3-12)15-8(5)16-9/h4-8,12-14H,2-3H2,1H3,(H,10,11)/t4?,5-,6-,7?,8-/m1/s1. The number of aliphatic hydroxyl groups excluding tert-OH is 3. The maximum atomic E-state index is 9.85. The third-order valence-electron chi connectivity index (χ3n) is 2.67. The van der Waals surface area contributed by atoms with E-state index in [0.717, 1.165) is 6.54 Å². The van der Waals surface area contributed by atoms with Crippen LogP contribution >= 0.6 is 11.8 Å². The van der Waals surface area contributed by atoms with Gasteiger partial charge in [-0.1, -0.05) is 11.8 Å². The summed E-state index contributed by atoms with van der Waals surface area (Å²) in [6.45, 7) is 2.39. The van der Waals surface area contributed by atoms with Gasteiger partial charge in [0.05, 0.1) is 6.61 Å². The Hall–Kier alpha value is -0.340. The molecule has 0 aromatic rings. The lowest BCUT2D eigenvalue weighted by Crippen LogP contribution is -2.55. The van der Waals surface area contributed by atoms with Crippen LogP contribution in [0.2, 0.25) is 0 Å². The van der Waals surface area contributed by atoms with Crippen molar-refractivity contribution in [1.29, 1.82) is 0 Å². The summed E-state index contributed by atoms with van der Waals surface area (Å²) >= 11 is 1.38. The van der Waals surface area contributed by atoms with Gasteiger partial charge in [0.1, 0.15) is 29.8 Å². The molecule has 4 N–H and O–H groups in total. The van der Waals surface area contributed by atoms with Crippen LogP contribution in [0.4, 0.5) is 0 Å². The Morgan fingerprint density at radius 2 is 2.19 bits per heavy atom. The van der Waals surface area contributed by atoms with Gasteiger partial charge in [0.25, 0.3) is 0 Å². The van der Waals surface area contributed by atoms with Crippen LogP contribution in [0.5, 0.6) is 0 Å². The number of nitrogens with zero attached hydrogens (tertiary/aromatic N) is 1. The molecule has 2 heterocycles. The zero-order valence-corrected chi connectivity index (χ0v) is 9.72. The first-order valence-electron chi connectivity index (χ1n) is 5.28. The largest absolute Gasteiger partial charge is 0.394 e. The summed E-state index contributed by atoms with van der Waals surface area (Å²) in [7, 11) is 0. The average Bonchev–Trinajstić information content (AvgIpc) is 2.67. The lowest BCUT2D eigenvalue weighted by Gasteiger charge is -2.37. The molecule has 0 spiro atoms. The molecule has 1 fully saturated rings. The minimum Gasteiger partial charge on any atom is -0.394 e. The molecule has 1 saturated heterocycles. The van der Waals surface area contributed by atoms with Gasteiger partial charge in [0, 0.05) is 6.54 Å². The smallest absolute Gasteiger partial charge is 0.159 e. The first-order valence-corrected chi connectivity index (χ1v) is 6.16. The SMILES string of the molecule is CCNC1=N[C@@H]2C(O)[C@H](O)C(CO)O[C@@H]2S1. The van der Waals surface area contributed by atoms with E-state index in [4.69, 9.17) is 9.84 Å². The molecule has 2 aliphatic rings. The monoisotopic (exact) mass is 248 g/mol. The fourth-order valence-electron chi connectivity index (χ4n) is 1.82. The van der Waals surface area contributed by atoms with Crippen molar-refractivity contribution >= 4 is 16.9 Å². The van der Waals surface area contributed by atoms with Gasteiger partial charge in [-0.2, -0.15) is 0 Å². The quantitative estimate of drug-likeness (QED) is 0.475. The average molecular weight is 248 g/mol. The van der Waals surface area contributed by atoms with Crippen LogP contribution < -0.4 is 5.32 Å². The molecule has 0 aliphatic carbocycles. The fraction of sp³-hybridized carbons (Fsp3) is 0.889. The van der Waals surface area contributed by atoms with Gasteiger partial charge in [-0.05, 0) is 6.92 Å². The highest BCUT2D eigenvalue weighted by atomic mass is 32.2. The minimum absolute atomic E-state index is 0.307. The Bertz CT molecular complexity index is 289. The molecule has 0 amide bonds. The van der Waals surface area contributed by atoms with E-state index in [0.29, 0.717) is 5.17 Å². The Balaban J connectivity index is 2.08. The van der Waals surface area contributed by atoms with Crippen LogP contribution in [0.15, 0.2) is 4.99 Å². The van der Waals surface area contributed by atoms with Gasteiger partial charge in [0.15, 0.2) is 5.17 Å². The Morgan fingerprint density at radius 3 is 2.81 bits per heavy atom. The van der Waals surface area contributed by atoms with Crippen molar-refractivity contribution in [3.8, 4) is 0 Å². The fourth-order valence-corrected chi connectivity index (χ4v) is 3.01. The summed E-state index contributed by atoms with van der Waals surface area (Å²) in [6, 6.07) is -0.461. The van der Waals surface area contributed by atoms with Crippen molar-refractivity contribution in [3.05, 3.63) is 0 Å². The number of thioether (sulfide) groups is 1. The van der Waals surface area contributed by atoms with Gasteiger partial charge in [-0.25, -0.2) is 0 Å². The van der Waals surface area contributed by atoms with Crippen molar-refractivity contribution < 1.29 is 20.1 Å². The van der Waals surface area contributed by atoms with Crippen molar-refractivity contribution in [1.82, 2.24) is 5.32 Å². The number of hydrogen-bond acceptors (Lipinski definition) is 7. The molecule has 7 heteroatoms. The molecule has 2 unspecified atom stereocenters. The second-order valence-electron chi connectivity index (χ2n) is 3.78. The molecule has 16 heavy (non-hydrogen) atoms. The van der Waals surface area contributed by atoms with E-state index in [2.05, 4.69) is 10.3 Å². The summed E-state index contributed by atoms with van der Waals surface area (Å²) < 4.78 is 5.47. The van der Waals surface area contributed by atoms with E-state index in [-0.39, 0.29) is 12.0 Å². The van der Waals surface area contributed by atoms with Crippen molar-refractivity contribution in [2.24, 2.45) is 4.99 Å². The van der Waals surface area contributed by atoms with E-state index >= 15 is 0 Å². The van der Waals surface area contributed by atoms with Crippen LogP contribution in [-0.4, -0.2) is 63.4 Å². The molecule has 0 saturated carbocycles. The summed E-state index contributed by atoms with van der Waals surface area (Å²) in [5, 5.41) is 32.3. The lowest BCUT2D eigenvalue weighted by molar-refractivity contribution is -0.164. The first kappa shape index (κ1) is 12.1. The first-order chi connectivity index (χ1) is 7.67. The number of amidine groups is 1. The molecular formula is C9H16N2O4S. The molecule has 0 aromatic carbocycles. The van der Waals surface area contributed by atoms with Crippen LogP contribution in [0.25, 0.3) is 0 Å². The molecule has 6 nitrogen and oxygen atoms in total. The maximum Gasteiger partial charge on any atom is 0.159 e. The number of ether oxygens (including phenoxy) is 1. The van der Waals surface area contributed by atoms with Crippen molar-refractivity contribution in [2.45, 2.75) is 36.7 Å². The Labute approximate surface area is 97.7 Å². The normalized spacial score (nSPS) is 42.8. The Kier molecular flexibility index (Phi) is 3.70. The summed E-state index contributed by atoms with van der Waals surface area (Å²) in [5.74, 6) is 0. The molecule has 2 aliphatic heterocycles. The highest BCUT2D eigenvalue weighted by Crippen LogP contribution is 2.35. The van der Waals surface area contributed by atoms with E-state index < -0.39 is 24.4 Å². The van der Waals surface area contributed by atoms with Gasteiger partial charge in [-0.3, -0.25) is 4.99 Å². The third kappa shape index (κ3) is 2.05. The maximum absolute atomic E-state index is 9.85. The van der Waals surface area contributed by atoms with Crippen LogP contribution in [0.3, 0.4) is 0 Å². The topological polar surface area (TPSA) is 94.3 Å². The number of rotatable bonds is 2. The molecule has 2 rings (SSSR count). The van der Waals surface area contributed by atoms with Crippen LogP contribution in [0.1, 0.15) is 6.92 Å². The summed E-state index contributed by atoms with van der Waals surface area (Å²) in [4.78, 5) is 4.25. The van der Waals surface area contributed by atoms with Crippen LogP contribution in [0, 0.1) is 0 Å². The summed E-state index contributed by atoms with van der Waals surface area (Å²) in [5.41, 5.74) is -0.329. The number of fused-ring (bicyclic) bond motifs is 1. The zero-order valence-electron chi connectivity index (χ0n) is 8.91. The molecule has 5 atom stereocenters. The lowest BCUT2D eigenvalue weighted by atomic mass is 9.99. The molecule has 0 radical (unpaired) electrons. The minimum atomic E-state index is -1.09. The Morgan fingerprint density at radius 1 is 1.44 bits per heavy atom. The van der Waals surface area contributed by atoms with E-state index in [1.165, 1.54) is 11.8 Å². The van der Waals surface area contributed by atoms with Gasteiger partial charge in [-0.15, -0.1) is 0 Å². The molecular weight excluding hydrogens is 232 g/mol. The van der Waals surface area contributed by atoms with E-state index in [9.17, 15) is 10.2 Å². The van der Waals surface area contributed by atoms with Crippen molar-refractivity contribution in [2.75, 3.05) is 13.2 Å². The van der Waals surface area contributed by atoms with Crippen LogP contribution in [-0.2, 0) is 4.74 Å². The van der Waals surface area contributed by atoms with Gasteiger partial charge < -0.3 is 25.4 Å². The second-order valence-corrected chi connectivity index (χ2v) is 4.87. The van der Waals surface area contributed by atoms with Gasteiger partial charge >= 0.3 is 0 Å². The van der Waals surface area contributed by atoms with E-state index in [1.54, 1.807) is 0 Å². The van der Waals surface area contributed by atoms with E-state index in [1.807, 2.05) is 6.92 Å². The predicted octanol–water partition coefficient (Wildman–Crippen LogP) is -1.49. The van der Waals surface area contributed by atoms with Gasteiger partial charge in [0.2, 0.25) is 0 Å². The third-order valence-corrected chi connectivity index (χ3v) is 3.77. The highest BCUT2D eigenvalue weighted by molar-refractivity contribution is 8.14. The predicted molar refractivity (Wildman–Crippen MR) is 60.3 cm³/mol. The molecule has 0 aromatic heterocycles. The number of aliphatic hydroxyl groups is 3. The van der Waals surface area contributed by atoms with Crippen molar-refractivity contribution in [3.63, 3.8) is 0 Å². The summed E-state index contributed by atoms with van der Waals surface area (Å²) in [6.07, 6.45) is -2.81. The number of aliphatic imine (C=N–C) groups is 1. The number of nitrogens with one attached hydrogen (secondary N) is 1. The molecule has 92 valence electrons. The second kappa shape index (κ2) is 4.89. The molecule has 0 bridgehead atoms.